The van der Waals surface area contributed by atoms with Gasteiger partial charge in [0, 0.05) is 10.0 Å². The zero-order chi connectivity index (χ0) is 14.7. The van der Waals surface area contributed by atoms with E-state index < -0.39 is 0 Å². The lowest BCUT2D eigenvalue weighted by molar-refractivity contribution is 0.732. The van der Waals surface area contributed by atoms with Crippen LogP contribution in [0.3, 0.4) is 0 Å². The van der Waals surface area contributed by atoms with Crippen LogP contribution in [0.4, 0.5) is 0 Å². The third-order valence-corrected chi connectivity index (χ3v) is 4.35. The minimum atomic E-state index is -0.257. The van der Waals surface area contributed by atoms with Crippen LogP contribution in [0.1, 0.15) is 48.9 Å². The Morgan fingerprint density at radius 2 is 1.60 bits per heavy atom. The predicted octanol–water partition coefficient (Wildman–Crippen LogP) is 5.56. The first-order valence-electron chi connectivity index (χ1n) is 6.83. The highest BCUT2D eigenvalue weighted by Gasteiger charge is 2.13. The molecule has 2 rings (SSSR count). The molecule has 106 valence electrons. The number of halogens is 2. The zero-order valence-corrected chi connectivity index (χ0v) is 13.2. The van der Waals surface area contributed by atoms with Crippen LogP contribution < -0.4 is 5.73 Å². The Balaban J connectivity index is 2.29. The van der Waals surface area contributed by atoms with Gasteiger partial charge in [0.05, 0.1) is 6.04 Å². The van der Waals surface area contributed by atoms with Gasteiger partial charge >= 0.3 is 0 Å². The second-order valence-corrected chi connectivity index (χ2v) is 5.96. The van der Waals surface area contributed by atoms with Crippen LogP contribution >= 0.6 is 23.2 Å². The van der Waals surface area contributed by atoms with Crippen LogP contribution in [0, 0.1) is 0 Å². The molecule has 2 N–H and O–H groups in total. The Labute approximate surface area is 130 Å². The fourth-order valence-corrected chi connectivity index (χ4v) is 2.62. The largest absolute Gasteiger partial charge is 0.320 e. The Morgan fingerprint density at radius 3 is 2.20 bits per heavy atom. The highest BCUT2D eigenvalue weighted by molar-refractivity contribution is 6.33. The summed E-state index contributed by atoms with van der Waals surface area (Å²) in [6.07, 6.45) is 1.13. The third kappa shape index (κ3) is 3.35. The first-order valence-corrected chi connectivity index (χ1v) is 7.59. The lowest BCUT2D eigenvalue weighted by Crippen LogP contribution is -2.12. The van der Waals surface area contributed by atoms with Crippen molar-refractivity contribution in [1.82, 2.24) is 0 Å². The zero-order valence-electron chi connectivity index (χ0n) is 11.7. The summed E-state index contributed by atoms with van der Waals surface area (Å²) >= 11 is 12.2. The summed E-state index contributed by atoms with van der Waals surface area (Å²) < 4.78 is 0. The second-order valence-electron chi connectivity index (χ2n) is 5.12. The standard InChI is InChI=1S/C17H19Cl2N/c1-3-11(2)12-4-6-13(7-5-12)17(20)15-10-14(18)8-9-16(15)19/h4-11,17H,3,20H2,1-2H3. The third-order valence-electron chi connectivity index (χ3n) is 3.77. The molecule has 2 aromatic rings. The Bertz CT molecular complexity index is 578. The molecular weight excluding hydrogens is 289 g/mol. The van der Waals surface area contributed by atoms with E-state index in [1.807, 2.05) is 6.07 Å². The number of nitrogens with two attached hydrogens (primary N) is 1. The van der Waals surface area contributed by atoms with E-state index in [-0.39, 0.29) is 6.04 Å². The van der Waals surface area contributed by atoms with E-state index in [1.165, 1.54) is 5.56 Å². The monoisotopic (exact) mass is 307 g/mol. The first-order chi connectivity index (χ1) is 9.52. The molecule has 2 atom stereocenters. The first kappa shape index (κ1) is 15.4. The number of rotatable bonds is 4. The molecule has 0 aliphatic heterocycles. The minimum Gasteiger partial charge on any atom is -0.320 e. The highest BCUT2D eigenvalue weighted by atomic mass is 35.5. The summed E-state index contributed by atoms with van der Waals surface area (Å²) in [5.74, 6) is 0.565. The van der Waals surface area contributed by atoms with Crippen LogP contribution in [0.2, 0.25) is 10.0 Å². The summed E-state index contributed by atoms with van der Waals surface area (Å²) in [5, 5.41) is 1.30. The van der Waals surface area contributed by atoms with Gasteiger partial charge in [-0.2, -0.15) is 0 Å². The van der Waals surface area contributed by atoms with Crippen molar-refractivity contribution in [2.45, 2.75) is 32.2 Å². The van der Waals surface area contributed by atoms with Crippen LogP contribution in [0.5, 0.6) is 0 Å². The Morgan fingerprint density at radius 1 is 1.00 bits per heavy atom. The van der Waals surface area contributed by atoms with Crippen molar-refractivity contribution in [3.63, 3.8) is 0 Å². The normalized spacial score (nSPS) is 14.1. The van der Waals surface area contributed by atoms with E-state index in [0.29, 0.717) is 16.0 Å². The van der Waals surface area contributed by atoms with Crippen LogP contribution in [-0.4, -0.2) is 0 Å². The lowest BCUT2D eigenvalue weighted by Gasteiger charge is -2.16. The molecule has 20 heavy (non-hydrogen) atoms. The van der Waals surface area contributed by atoms with Crippen molar-refractivity contribution < 1.29 is 0 Å². The van der Waals surface area contributed by atoms with Gasteiger partial charge in [0.1, 0.15) is 0 Å². The van der Waals surface area contributed by atoms with Gasteiger partial charge in [0.2, 0.25) is 0 Å². The van der Waals surface area contributed by atoms with Crippen LogP contribution in [0.25, 0.3) is 0 Å². The maximum absolute atomic E-state index is 6.30. The maximum atomic E-state index is 6.30. The molecule has 0 aliphatic rings. The summed E-state index contributed by atoms with van der Waals surface area (Å²) in [4.78, 5) is 0. The fraction of sp³-hybridized carbons (Fsp3) is 0.294. The minimum absolute atomic E-state index is 0.257. The van der Waals surface area contributed by atoms with Crippen LogP contribution in [0.15, 0.2) is 42.5 Å². The number of benzene rings is 2. The molecule has 0 heterocycles. The molecule has 1 nitrogen and oxygen atoms in total. The van der Waals surface area contributed by atoms with E-state index in [1.54, 1.807) is 12.1 Å². The molecule has 0 aliphatic carbocycles. The number of hydrogen-bond donors (Lipinski definition) is 1. The molecule has 0 spiro atoms. The summed E-state index contributed by atoms with van der Waals surface area (Å²) in [5.41, 5.74) is 9.54. The molecular formula is C17H19Cl2N. The molecule has 0 saturated carbocycles. The Hall–Kier alpha value is -1.02. The van der Waals surface area contributed by atoms with Crippen molar-refractivity contribution in [3.05, 3.63) is 69.2 Å². The molecule has 0 bridgehead atoms. The maximum Gasteiger partial charge on any atom is 0.0566 e. The lowest BCUT2D eigenvalue weighted by atomic mass is 9.94. The molecule has 0 fully saturated rings. The smallest absolute Gasteiger partial charge is 0.0566 e. The predicted molar refractivity (Wildman–Crippen MR) is 87.6 cm³/mol. The van der Waals surface area contributed by atoms with E-state index in [2.05, 4.69) is 38.1 Å². The molecule has 2 aromatic carbocycles. The van der Waals surface area contributed by atoms with Gasteiger partial charge in [-0.1, -0.05) is 61.3 Å². The van der Waals surface area contributed by atoms with E-state index in [4.69, 9.17) is 28.9 Å². The van der Waals surface area contributed by atoms with Crippen molar-refractivity contribution in [3.8, 4) is 0 Å². The molecule has 0 aromatic heterocycles. The summed E-state index contributed by atoms with van der Waals surface area (Å²) in [6, 6.07) is 13.6. The van der Waals surface area contributed by atoms with Gasteiger partial charge in [-0.05, 0) is 47.2 Å². The molecule has 2 unspecified atom stereocenters. The van der Waals surface area contributed by atoms with Gasteiger partial charge in [-0.15, -0.1) is 0 Å². The van der Waals surface area contributed by atoms with E-state index in [0.717, 1.165) is 17.5 Å². The fourth-order valence-electron chi connectivity index (χ4n) is 2.20. The van der Waals surface area contributed by atoms with Gasteiger partial charge in [0.25, 0.3) is 0 Å². The average Bonchev–Trinajstić information content (AvgIpc) is 2.48. The Kier molecular flexibility index (Phi) is 5.09. The van der Waals surface area contributed by atoms with Gasteiger partial charge in [-0.25, -0.2) is 0 Å². The van der Waals surface area contributed by atoms with Gasteiger partial charge in [-0.3, -0.25) is 0 Å². The topological polar surface area (TPSA) is 26.0 Å². The van der Waals surface area contributed by atoms with E-state index >= 15 is 0 Å². The van der Waals surface area contributed by atoms with Crippen LogP contribution in [-0.2, 0) is 0 Å². The van der Waals surface area contributed by atoms with Crippen molar-refractivity contribution in [1.29, 1.82) is 0 Å². The van der Waals surface area contributed by atoms with Gasteiger partial charge in [0.15, 0.2) is 0 Å². The molecule has 0 amide bonds. The van der Waals surface area contributed by atoms with Crippen molar-refractivity contribution in [2.24, 2.45) is 5.73 Å². The van der Waals surface area contributed by atoms with E-state index in [9.17, 15) is 0 Å². The molecule has 0 radical (unpaired) electrons. The van der Waals surface area contributed by atoms with Crippen molar-refractivity contribution >= 4 is 23.2 Å². The summed E-state index contributed by atoms with van der Waals surface area (Å²) in [7, 11) is 0. The second kappa shape index (κ2) is 6.62. The van der Waals surface area contributed by atoms with Crippen molar-refractivity contribution in [2.75, 3.05) is 0 Å². The molecule has 0 saturated heterocycles. The average molecular weight is 308 g/mol. The molecule has 3 heteroatoms. The quantitative estimate of drug-likeness (QED) is 0.786. The number of hydrogen-bond acceptors (Lipinski definition) is 1. The highest BCUT2D eigenvalue weighted by Crippen LogP contribution is 2.30. The summed E-state index contributed by atoms with van der Waals surface area (Å²) in [6.45, 7) is 4.42. The SMILES string of the molecule is CCC(C)c1ccc(C(N)c2cc(Cl)ccc2Cl)cc1. The van der Waals surface area contributed by atoms with Gasteiger partial charge < -0.3 is 5.73 Å².